The largest absolute Gasteiger partial charge is 0.497 e. The summed E-state index contributed by atoms with van der Waals surface area (Å²) in [5.41, 5.74) is -0.332. The molecule has 0 saturated carbocycles. The molecule has 132 valence electrons. The standard InChI is InChI=1S/C17H19N3O5/c1-24-11-3-4-14(25-2)12(7-11)10-5-6-20(9-10)16(22)13-8-15(21)19-17(23)18-13/h3-4,7-8,10H,5-6,9H2,1-2H3,(H2,18,19,21,23)/t10-/m0/s1. The van der Waals surface area contributed by atoms with Crippen molar-refractivity contribution in [2.75, 3.05) is 27.3 Å². The normalized spacial score (nSPS) is 16.7. The SMILES string of the molecule is COc1ccc(OC)c([C@H]2CCN(C(=O)c3cc(=O)[nH]c(=O)[nH]3)C2)c1. The fourth-order valence-electron chi connectivity index (χ4n) is 3.11. The van der Waals surface area contributed by atoms with E-state index in [0.717, 1.165) is 29.5 Å². The van der Waals surface area contributed by atoms with Crippen LogP contribution in [0, 0.1) is 0 Å². The molecule has 3 rings (SSSR count). The van der Waals surface area contributed by atoms with Gasteiger partial charge in [0.1, 0.15) is 17.2 Å². The molecule has 2 N–H and O–H groups in total. The van der Waals surface area contributed by atoms with E-state index < -0.39 is 11.2 Å². The van der Waals surface area contributed by atoms with Crippen LogP contribution in [0.1, 0.15) is 28.4 Å². The van der Waals surface area contributed by atoms with Crippen LogP contribution in [0.15, 0.2) is 33.9 Å². The van der Waals surface area contributed by atoms with Crippen LogP contribution in [0.4, 0.5) is 0 Å². The average molecular weight is 345 g/mol. The molecule has 8 heteroatoms. The highest BCUT2D eigenvalue weighted by molar-refractivity contribution is 5.92. The highest BCUT2D eigenvalue weighted by Crippen LogP contribution is 2.36. The number of amides is 1. The van der Waals surface area contributed by atoms with Gasteiger partial charge >= 0.3 is 5.69 Å². The van der Waals surface area contributed by atoms with Gasteiger partial charge in [0.05, 0.1) is 14.2 Å². The number of carbonyl (C=O) groups is 1. The number of rotatable bonds is 4. The second-order valence-electron chi connectivity index (χ2n) is 5.85. The van der Waals surface area contributed by atoms with Crippen molar-refractivity contribution < 1.29 is 14.3 Å². The zero-order chi connectivity index (χ0) is 18.0. The first-order chi connectivity index (χ1) is 12.0. The number of aromatic amines is 2. The van der Waals surface area contributed by atoms with Crippen LogP contribution in [-0.2, 0) is 0 Å². The van der Waals surface area contributed by atoms with Crippen molar-refractivity contribution in [2.24, 2.45) is 0 Å². The van der Waals surface area contributed by atoms with E-state index in [1.54, 1.807) is 19.1 Å². The Bertz CT molecular complexity index is 873. The van der Waals surface area contributed by atoms with Gasteiger partial charge in [0.25, 0.3) is 11.5 Å². The quantitative estimate of drug-likeness (QED) is 0.849. The Morgan fingerprint density at radius 3 is 2.64 bits per heavy atom. The maximum atomic E-state index is 12.6. The molecular formula is C17H19N3O5. The van der Waals surface area contributed by atoms with Gasteiger partial charge in [-0.25, -0.2) is 4.79 Å². The second-order valence-corrected chi connectivity index (χ2v) is 5.85. The van der Waals surface area contributed by atoms with Crippen LogP contribution in [0.5, 0.6) is 11.5 Å². The molecule has 0 unspecified atom stereocenters. The summed E-state index contributed by atoms with van der Waals surface area (Å²) in [5.74, 6) is 1.18. The Morgan fingerprint density at radius 1 is 1.16 bits per heavy atom. The van der Waals surface area contributed by atoms with Crippen molar-refractivity contribution in [1.82, 2.24) is 14.9 Å². The molecule has 0 spiro atoms. The van der Waals surface area contributed by atoms with Gasteiger partial charge in [-0.05, 0) is 24.6 Å². The van der Waals surface area contributed by atoms with Crippen molar-refractivity contribution in [3.05, 3.63) is 56.4 Å². The fraction of sp³-hybridized carbons (Fsp3) is 0.353. The van der Waals surface area contributed by atoms with E-state index in [4.69, 9.17) is 9.47 Å². The lowest BCUT2D eigenvalue weighted by atomic mass is 9.97. The zero-order valence-electron chi connectivity index (χ0n) is 14.0. The number of nitrogens with zero attached hydrogens (tertiary/aromatic N) is 1. The summed E-state index contributed by atoms with van der Waals surface area (Å²) in [6, 6.07) is 6.67. The van der Waals surface area contributed by atoms with Gasteiger partial charge in [-0.15, -0.1) is 0 Å². The number of H-pyrrole nitrogens is 2. The molecular weight excluding hydrogens is 326 g/mol. The molecule has 1 atom stereocenters. The molecule has 1 aromatic heterocycles. The van der Waals surface area contributed by atoms with E-state index in [0.29, 0.717) is 13.1 Å². The third kappa shape index (κ3) is 3.42. The van der Waals surface area contributed by atoms with E-state index in [2.05, 4.69) is 9.97 Å². The van der Waals surface area contributed by atoms with Crippen LogP contribution in [-0.4, -0.2) is 48.1 Å². The van der Waals surface area contributed by atoms with Gasteiger partial charge < -0.3 is 19.4 Å². The summed E-state index contributed by atoms with van der Waals surface area (Å²) >= 11 is 0. The van der Waals surface area contributed by atoms with Crippen molar-refractivity contribution in [3.63, 3.8) is 0 Å². The zero-order valence-corrected chi connectivity index (χ0v) is 14.0. The summed E-state index contributed by atoms with van der Waals surface area (Å²) in [7, 11) is 3.20. The highest BCUT2D eigenvalue weighted by atomic mass is 16.5. The molecule has 1 aliphatic heterocycles. The first-order valence-electron chi connectivity index (χ1n) is 7.86. The lowest BCUT2D eigenvalue weighted by Gasteiger charge is -2.18. The lowest BCUT2D eigenvalue weighted by molar-refractivity contribution is 0.0784. The molecule has 1 amide bonds. The predicted molar refractivity (Wildman–Crippen MR) is 90.5 cm³/mol. The molecule has 0 radical (unpaired) electrons. The summed E-state index contributed by atoms with van der Waals surface area (Å²) in [4.78, 5) is 41.3. The molecule has 2 heterocycles. The Balaban J connectivity index is 1.83. The first-order valence-corrected chi connectivity index (χ1v) is 7.86. The molecule has 1 fully saturated rings. The van der Waals surface area contributed by atoms with Crippen LogP contribution >= 0.6 is 0 Å². The number of methoxy groups -OCH3 is 2. The smallest absolute Gasteiger partial charge is 0.326 e. The van der Waals surface area contributed by atoms with Crippen LogP contribution in [0.25, 0.3) is 0 Å². The Hall–Kier alpha value is -3.03. The third-order valence-corrected chi connectivity index (χ3v) is 4.34. The number of benzene rings is 1. The Labute approximate surface area is 143 Å². The van der Waals surface area contributed by atoms with Crippen LogP contribution in [0.3, 0.4) is 0 Å². The van der Waals surface area contributed by atoms with E-state index >= 15 is 0 Å². The van der Waals surface area contributed by atoms with E-state index in [9.17, 15) is 14.4 Å². The number of carbonyl (C=O) groups excluding carboxylic acids is 1. The number of nitrogens with one attached hydrogen (secondary N) is 2. The third-order valence-electron chi connectivity index (χ3n) is 4.34. The minimum absolute atomic E-state index is 0.00740. The van der Waals surface area contributed by atoms with Crippen LogP contribution in [0.2, 0.25) is 0 Å². The minimum atomic E-state index is -0.693. The lowest BCUT2D eigenvalue weighted by Crippen LogP contribution is -2.33. The molecule has 1 saturated heterocycles. The van der Waals surface area contributed by atoms with Gasteiger partial charge in [-0.3, -0.25) is 14.6 Å². The molecule has 0 bridgehead atoms. The van der Waals surface area contributed by atoms with E-state index in [1.807, 2.05) is 18.2 Å². The highest BCUT2D eigenvalue weighted by Gasteiger charge is 2.30. The van der Waals surface area contributed by atoms with Crippen LogP contribution < -0.4 is 20.7 Å². The molecule has 0 aliphatic carbocycles. The average Bonchev–Trinajstić information content (AvgIpc) is 3.09. The number of hydrogen-bond acceptors (Lipinski definition) is 5. The fourth-order valence-corrected chi connectivity index (χ4v) is 3.11. The Kier molecular flexibility index (Phi) is 4.60. The monoisotopic (exact) mass is 345 g/mol. The van der Waals surface area contributed by atoms with E-state index in [1.165, 1.54) is 0 Å². The minimum Gasteiger partial charge on any atom is -0.497 e. The van der Waals surface area contributed by atoms with Gasteiger partial charge in [-0.1, -0.05) is 0 Å². The van der Waals surface area contributed by atoms with Crippen molar-refractivity contribution >= 4 is 5.91 Å². The van der Waals surface area contributed by atoms with Gasteiger partial charge in [0.2, 0.25) is 0 Å². The van der Waals surface area contributed by atoms with E-state index in [-0.39, 0.29) is 17.5 Å². The summed E-state index contributed by atoms with van der Waals surface area (Å²) in [6.45, 7) is 0.996. The number of likely N-dealkylation sites (tertiary alicyclic amines) is 1. The maximum absolute atomic E-state index is 12.6. The van der Waals surface area contributed by atoms with Gasteiger partial charge in [0.15, 0.2) is 0 Å². The number of aromatic nitrogens is 2. The topological polar surface area (TPSA) is 104 Å². The first kappa shape index (κ1) is 16.8. The molecule has 1 aliphatic rings. The summed E-state index contributed by atoms with van der Waals surface area (Å²) < 4.78 is 10.7. The van der Waals surface area contributed by atoms with Gasteiger partial charge in [0, 0.05) is 30.6 Å². The van der Waals surface area contributed by atoms with Crippen molar-refractivity contribution in [1.29, 1.82) is 0 Å². The van der Waals surface area contributed by atoms with Gasteiger partial charge in [-0.2, -0.15) is 0 Å². The maximum Gasteiger partial charge on any atom is 0.326 e. The molecule has 2 aromatic rings. The molecule has 1 aromatic carbocycles. The number of ether oxygens (including phenoxy) is 2. The second kappa shape index (κ2) is 6.84. The Morgan fingerprint density at radius 2 is 1.96 bits per heavy atom. The predicted octanol–water partition coefficient (Wildman–Crippen LogP) is 0.710. The summed E-state index contributed by atoms with van der Waals surface area (Å²) in [6.07, 6.45) is 0.753. The molecule has 25 heavy (non-hydrogen) atoms. The van der Waals surface area contributed by atoms with Crippen molar-refractivity contribution in [3.8, 4) is 11.5 Å². The van der Waals surface area contributed by atoms with Crippen molar-refractivity contribution in [2.45, 2.75) is 12.3 Å². The summed E-state index contributed by atoms with van der Waals surface area (Å²) in [5, 5.41) is 0. The molecule has 8 nitrogen and oxygen atoms in total. The number of hydrogen-bond donors (Lipinski definition) is 2.